The summed E-state index contributed by atoms with van der Waals surface area (Å²) in [7, 11) is 0. The Bertz CT molecular complexity index is 598. The van der Waals surface area contributed by atoms with Gasteiger partial charge in [0.2, 0.25) is 0 Å². The summed E-state index contributed by atoms with van der Waals surface area (Å²) < 4.78 is 1.63. The standard InChI is InChI=1S/C13H14ClN3OS/c14-10-2-4-12(16-8-10)19-7-1-6-17-9-11(15)3-5-13(17)18/h2-5,8-9H,1,6-7,15H2. The number of halogens is 1. The second kappa shape index (κ2) is 6.63. The zero-order valence-corrected chi connectivity index (χ0v) is 11.8. The molecule has 100 valence electrons. The topological polar surface area (TPSA) is 60.9 Å². The minimum absolute atomic E-state index is 0.0242. The summed E-state index contributed by atoms with van der Waals surface area (Å²) in [4.78, 5) is 15.7. The fourth-order valence-corrected chi connectivity index (χ4v) is 2.47. The number of nitrogens with two attached hydrogens (primary N) is 1. The Morgan fingerprint density at radius 1 is 1.32 bits per heavy atom. The van der Waals surface area contributed by atoms with Crippen molar-refractivity contribution in [2.45, 2.75) is 18.0 Å². The minimum Gasteiger partial charge on any atom is -0.398 e. The maximum atomic E-state index is 11.5. The number of pyridine rings is 2. The molecule has 0 aromatic carbocycles. The van der Waals surface area contributed by atoms with E-state index < -0.39 is 0 Å². The van der Waals surface area contributed by atoms with Crippen LogP contribution in [0.1, 0.15) is 6.42 Å². The van der Waals surface area contributed by atoms with Gasteiger partial charge in [-0.25, -0.2) is 4.98 Å². The van der Waals surface area contributed by atoms with Crippen LogP contribution in [0.3, 0.4) is 0 Å². The third-order valence-corrected chi connectivity index (χ3v) is 3.75. The maximum Gasteiger partial charge on any atom is 0.250 e. The van der Waals surface area contributed by atoms with Gasteiger partial charge in [-0.1, -0.05) is 11.6 Å². The van der Waals surface area contributed by atoms with Crippen molar-refractivity contribution < 1.29 is 0 Å². The Hall–Kier alpha value is -1.46. The Kier molecular flexibility index (Phi) is 4.87. The SMILES string of the molecule is Nc1ccc(=O)n(CCCSc2ccc(Cl)cn2)c1. The molecule has 0 radical (unpaired) electrons. The molecule has 0 saturated carbocycles. The van der Waals surface area contributed by atoms with Crippen LogP contribution in [0.5, 0.6) is 0 Å². The van der Waals surface area contributed by atoms with Crippen molar-refractivity contribution in [1.29, 1.82) is 0 Å². The van der Waals surface area contributed by atoms with Crippen molar-refractivity contribution in [3.63, 3.8) is 0 Å². The first-order valence-corrected chi connectivity index (χ1v) is 7.22. The summed E-state index contributed by atoms with van der Waals surface area (Å²) in [6.45, 7) is 0.657. The van der Waals surface area contributed by atoms with Gasteiger partial charge < -0.3 is 10.3 Å². The molecule has 19 heavy (non-hydrogen) atoms. The minimum atomic E-state index is -0.0242. The summed E-state index contributed by atoms with van der Waals surface area (Å²) in [6.07, 6.45) is 4.18. The Morgan fingerprint density at radius 3 is 2.89 bits per heavy atom. The molecule has 0 spiro atoms. The van der Waals surface area contributed by atoms with Gasteiger partial charge in [-0.3, -0.25) is 4.79 Å². The van der Waals surface area contributed by atoms with Crippen molar-refractivity contribution in [2.24, 2.45) is 0 Å². The van der Waals surface area contributed by atoms with Crippen molar-refractivity contribution in [3.8, 4) is 0 Å². The highest BCUT2D eigenvalue weighted by Gasteiger charge is 1.99. The molecule has 4 nitrogen and oxygen atoms in total. The van der Waals surface area contributed by atoms with Crippen LogP contribution >= 0.6 is 23.4 Å². The van der Waals surface area contributed by atoms with E-state index in [-0.39, 0.29) is 5.56 Å². The quantitative estimate of drug-likeness (QED) is 0.680. The Balaban J connectivity index is 1.82. The molecule has 6 heteroatoms. The Labute approximate surface area is 120 Å². The fourth-order valence-electron chi connectivity index (χ4n) is 1.58. The average Bonchev–Trinajstić information content (AvgIpc) is 2.40. The van der Waals surface area contributed by atoms with Gasteiger partial charge in [0.1, 0.15) is 0 Å². The maximum absolute atomic E-state index is 11.5. The summed E-state index contributed by atoms with van der Waals surface area (Å²) >= 11 is 7.41. The highest BCUT2D eigenvalue weighted by molar-refractivity contribution is 7.99. The largest absolute Gasteiger partial charge is 0.398 e. The van der Waals surface area contributed by atoms with Gasteiger partial charge in [0.25, 0.3) is 5.56 Å². The number of aromatic nitrogens is 2. The van der Waals surface area contributed by atoms with Crippen LogP contribution in [-0.4, -0.2) is 15.3 Å². The van der Waals surface area contributed by atoms with E-state index in [9.17, 15) is 4.79 Å². The van der Waals surface area contributed by atoms with E-state index in [1.165, 1.54) is 6.07 Å². The summed E-state index contributed by atoms with van der Waals surface area (Å²) in [6, 6.07) is 6.81. The van der Waals surface area contributed by atoms with Crippen LogP contribution in [0.4, 0.5) is 5.69 Å². The predicted octanol–water partition coefficient (Wildman–Crippen LogP) is 2.66. The molecule has 0 aliphatic rings. The second-order valence-electron chi connectivity index (χ2n) is 4.01. The summed E-state index contributed by atoms with van der Waals surface area (Å²) in [5.74, 6) is 0.885. The monoisotopic (exact) mass is 295 g/mol. The lowest BCUT2D eigenvalue weighted by molar-refractivity contribution is 0.660. The molecule has 0 aliphatic heterocycles. The van der Waals surface area contributed by atoms with E-state index in [1.807, 2.05) is 12.1 Å². The van der Waals surface area contributed by atoms with Crippen LogP contribution in [-0.2, 0) is 6.54 Å². The molecule has 0 aliphatic carbocycles. The van der Waals surface area contributed by atoms with E-state index in [0.29, 0.717) is 17.3 Å². The normalized spacial score (nSPS) is 10.6. The summed E-state index contributed by atoms with van der Waals surface area (Å²) in [5.41, 5.74) is 6.23. The molecule has 0 unspecified atom stereocenters. The summed E-state index contributed by atoms with van der Waals surface area (Å²) in [5, 5.41) is 1.57. The average molecular weight is 296 g/mol. The number of nitrogen functional groups attached to an aromatic ring is 1. The lowest BCUT2D eigenvalue weighted by Crippen LogP contribution is -2.19. The van der Waals surface area contributed by atoms with Crippen molar-refractivity contribution >= 4 is 29.1 Å². The van der Waals surface area contributed by atoms with Crippen LogP contribution in [0.25, 0.3) is 0 Å². The highest BCUT2D eigenvalue weighted by Crippen LogP contribution is 2.18. The van der Waals surface area contributed by atoms with Crippen molar-refractivity contribution in [2.75, 3.05) is 11.5 Å². The molecule has 0 bridgehead atoms. The zero-order valence-electron chi connectivity index (χ0n) is 10.3. The first-order chi connectivity index (χ1) is 9.15. The smallest absolute Gasteiger partial charge is 0.250 e. The Morgan fingerprint density at radius 2 is 2.16 bits per heavy atom. The third kappa shape index (κ3) is 4.29. The van der Waals surface area contributed by atoms with Gasteiger partial charge in [-0.2, -0.15) is 0 Å². The van der Waals surface area contributed by atoms with Crippen LogP contribution in [0.15, 0.2) is 46.5 Å². The molecule has 2 heterocycles. The molecule has 0 amide bonds. The molecule has 0 fully saturated rings. The predicted molar refractivity (Wildman–Crippen MR) is 79.7 cm³/mol. The highest BCUT2D eigenvalue weighted by atomic mass is 35.5. The fraction of sp³-hybridized carbons (Fsp3) is 0.231. The number of hydrogen-bond donors (Lipinski definition) is 1. The van der Waals surface area contributed by atoms with Crippen LogP contribution in [0.2, 0.25) is 5.02 Å². The molecule has 0 saturated heterocycles. The number of rotatable bonds is 5. The van der Waals surface area contributed by atoms with E-state index in [0.717, 1.165) is 17.2 Å². The first kappa shape index (κ1) is 14.0. The molecular weight excluding hydrogens is 282 g/mol. The van der Waals surface area contributed by atoms with Crippen LogP contribution in [0, 0.1) is 0 Å². The van der Waals surface area contributed by atoms with E-state index in [2.05, 4.69) is 4.98 Å². The molecule has 2 N–H and O–H groups in total. The molecule has 2 aromatic heterocycles. The van der Waals surface area contributed by atoms with Gasteiger partial charge in [-0.05, 0) is 24.6 Å². The van der Waals surface area contributed by atoms with Crippen molar-refractivity contribution in [1.82, 2.24) is 9.55 Å². The van der Waals surface area contributed by atoms with Gasteiger partial charge >= 0.3 is 0 Å². The number of thioether (sulfide) groups is 1. The van der Waals surface area contributed by atoms with Crippen LogP contribution < -0.4 is 11.3 Å². The number of anilines is 1. The third-order valence-electron chi connectivity index (χ3n) is 2.50. The van der Waals surface area contributed by atoms with Crippen molar-refractivity contribution in [3.05, 3.63) is 52.0 Å². The second-order valence-corrected chi connectivity index (χ2v) is 5.56. The molecule has 2 aromatic rings. The number of hydrogen-bond acceptors (Lipinski definition) is 4. The van der Waals surface area contributed by atoms with E-state index >= 15 is 0 Å². The zero-order chi connectivity index (χ0) is 13.7. The lowest BCUT2D eigenvalue weighted by Gasteiger charge is -2.06. The van der Waals surface area contributed by atoms with E-state index in [1.54, 1.807) is 34.8 Å². The molecule has 2 rings (SSSR count). The van der Waals surface area contributed by atoms with Gasteiger partial charge in [0.05, 0.1) is 10.0 Å². The first-order valence-electron chi connectivity index (χ1n) is 5.85. The van der Waals surface area contributed by atoms with E-state index in [4.69, 9.17) is 17.3 Å². The van der Waals surface area contributed by atoms with Gasteiger partial charge in [0, 0.05) is 36.4 Å². The molecule has 0 atom stereocenters. The lowest BCUT2D eigenvalue weighted by atomic mass is 10.4. The van der Waals surface area contributed by atoms with Gasteiger partial charge in [0.15, 0.2) is 0 Å². The molecular formula is C13H14ClN3OS. The van der Waals surface area contributed by atoms with Gasteiger partial charge in [-0.15, -0.1) is 11.8 Å². The number of aryl methyl sites for hydroxylation is 1. The number of nitrogens with zero attached hydrogens (tertiary/aromatic N) is 2.